The van der Waals surface area contributed by atoms with Crippen molar-refractivity contribution in [2.75, 3.05) is 12.3 Å². The Labute approximate surface area is 96.8 Å². The van der Waals surface area contributed by atoms with Gasteiger partial charge in [-0.3, -0.25) is 0 Å². The molecule has 1 rings (SSSR count). The summed E-state index contributed by atoms with van der Waals surface area (Å²) in [6, 6.07) is 0. The van der Waals surface area contributed by atoms with Gasteiger partial charge in [-0.1, -0.05) is 24.9 Å². The summed E-state index contributed by atoms with van der Waals surface area (Å²) in [5.41, 5.74) is 8.09. The molecule has 0 aromatic carbocycles. The molecule has 0 heterocycles. The van der Waals surface area contributed by atoms with Crippen LogP contribution >= 0.6 is 0 Å². The minimum absolute atomic E-state index is 0.156. The molecule has 0 saturated heterocycles. The Morgan fingerprint density at radius 1 is 1.44 bits per heavy atom. The number of hydrogen-bond donors (Lipinski definition) is 0. The number of hydrogen-bond acceptors (Lipinski definition) is 3. The Bertz CT molecular complexity index is 360. The molecular weight excluding hydrogens is 226 g/mol. The average Bonchev–Trinajstić information content (AvgIpc) is 2.24. The molecule has 5 nitrogen and oxygen atoms in total. The van der Waals surface area contributed by atoms with E-state index in [0.717, 1.165) is 25.7 Å². The zero-order chi connectivity index (χ0) is 12.0. The van der Waals surface area contributed by atoms with Crippen LogP contribution in [-0.2, 0) is 9.84 Å². The van der Waals surface area contributed by atoms with Crippen LogP contribution in [-0.4, -0.2) is 26.0 Å². The second-order valence-electron chi connectivity index (χ2n) is 4.57. The first-order chi connectivity index (χ1) is 7.56. The van der Waals surface area contributed by atoms with Gasteiger partial charge in [0.2, 0.25) is 0 Å². The lowest BCUT2D eigenvalue weighted by molar-refractivity contribution is 0.382. The summed E-state index contributed by atoms with van der Waals surface area (Å²) >= 11 is 0. The molecule has 16 heavy (non-hydrogen) atoms. The van der Waals surface area contributed by atoms with Crippen molar-refractivity contribution in [2.24, 2.45) is 11.0 Å². The van der Waals surface area contributed by atoms with Crippen LogP contribution in [0.3, 0.4) is 0 Å². The normalized spacial score (nSPS) is 26.1. The van der Waals surface area contributed by atoms with Crippen LogP contribution in [0.25, 0.3) is 10.4 Å². The maximum atomic E-state index is 12.0. The summed E-state index contributed by atoms with van der Waals surface area (Å²) in [4.78, 5) is 2.61. The fraction of sp³-hybridized carbons (Fsp3) is 1.00. The van der Waals surface area contributed by atoms with Gasteiger partial charge in [-0.15, -0.1) is 0 Å². The first-order valence-corrected chi connectivity index (χ1v) is 7.50. The predicted octanol–water partition coefficient (Wildman–Crippen LogP) is 2.68. The largest absolute Gasteiger partial charge is 0.229 e. The fourth-order valence-electron chi connectivity index (χ4n) is 2.25. The van der Waals surface area contributed by atoms with Crippen molar-refractivity contribution in [1.29, 1.82) is 0 Å². The van der Waals surface area contributed by atoms with Crippen LogP contribution in [0.1, 0.15) is 39.0 Å². The SMILES string of the molecule is CC1CCCC(S(=O)(=O)CCCN=[N+]=[N-])C1. The van der Waals surface area contributed by atoms with E-state index in [1.165, 1.54) is 0 Å². The van der Waals surface area contributed by atoms with Gasteiger partial charge >= 0.3 is 0 Å². The van der Waals surface area contributed by atoms with Crippen LogP contribution in [0.5, 0.6) is 0 Å². The van der Waals surface area contributed by atoms with E-state index in [1.807, 2.05) is 0 Å². The van der Waals surface area contributed by atoms with E-state index in [9.17, 15) is 8.42 Å². The van der Waals surface area contributed by atoms with Crippen LogP contribution < -0.4 is 0 Å². The van der Waals surface area contributed by atoms with E-state index in [0.29, 0.717) is 12.3 Å². The van der Waals surface area contributed by atoms with Crippen molar-refractivity contribution < 1.29 is 8.42 Å². The smallest absolute Gasteiger partial charge is 0.153 e. The van der Waals surface area contributed by atoms with E-state index in [1.54, 1.807) is 0 Å². The van der Waals surface area contributed by atoms with Gasteiger partial charge in [-0.25, -0.2) is 8.42 Å². The molecule has 1 fully saturated rings. The van der Waals surface area contributed by atoms with Crippen molar-refractivity contribution in [3.8, 4) is 0 Å². The number of rotatable bonds is 5. The first kappa shape index (κ1) is 13.3. The maximum Gasteiger partial charge on any atom is 0.153 e. The molecule has 0 aromatic rings. The molecule has 1 aliphatic carbocycles. The van der Waals surface area contributed by atoms with Crippen LogP contribution in [0.2, 0.25) is 0 Å². The molecule has 0 radical (unpaired) electrons. The minimum atomic E-state index is -2.98. The average molecular weight is 245 g/mol. The molecule has 1 aliphatic rings. The summed E-state index contributed by atoms with van der Waals surface area (Å²) in [7, 11) is -2.98. The van der Waals surface area contributed by atoms with Crippen molar-refractivity contribution in [2.45, 2.75) is 44.3 Å². The van der Waals surface area contributed by atoms with Gasteiger partial charge < -0.3 is 0 Å². The molecule has 2 unspecified atom stereocenters. The van der Waals surface area contributed by atoms with E-state index in [2.05, 4.69) is 16.9 Å². The topological polar surface area (TPSA) is 82.9 Å². The highest BCUT2D eigenvalue weighted by molar-refractivity contribution is 7.92. The quantitative estimate of drug-likeness (QED) is 0.323. The van der Waals surface area contributed by atoms with Crippen LogP contribution in [0.15, 0.2) is 5.11 Å². The second kappa shape index (κ2) is 6.11. The number of nitrogens with zero attached hydrogens (tertiary/aromatic N) is 3. The highest BCUT2D eigenvalue weighted by Gasteiger charge is 2.29. The summed E-state index contributed by atoms with van der Waals surface area (Å²) in [5, 5.41) is 3.19. The third kappa shape index (κ3) is 4.02. The van der Waals surface area contributed by atoms with Crippen molar-refractivity contribution in [3.63, 3.8) is 0 Å². The summed E-state index contributed by atoms with van der Waals surface area (Å²) in [6.07, 6.45) is 4.20. The minimum Gasteiger partial charge on any atom is -0.229 e. The predicted molar refractivity (Wildman–Crippen MR) is 63.8 cm³/mol. The van der Waals surface area contributed by atoms with E-state index < -0.39 is 9.84 Å². The zero-order valence-corrected chi connectivity index (χ0v) is 10.5. The van der Waals surface area contributed by atoms with Gasteiger partial charge in [-0.05, 0) is 30.7 Å². The molecule has 6 heteroatoms. The first-order valence-electron chi connectivity index (χ1n) is 5.78. The summed E-state index contributed by atoms with van der Waals surface area (Å²) < 4.78 is 23.9. The Balaban J connectivity index is 2.46. The third-order valence-electron chi connectivity index (χ3n) is 3.15. The zero-order valence-electron chi connectivity index (χ0n) is 9.67. The van der Waals surface area contributed by atoms with Crippen molar-refractivity contribution in [1.82, 2.24) is 0 Å². The van der Waals surface area contributed by atoms with Crippen molar-refractivity contribution >= 4 is 9.84 Å². The van der Waals surface area contributed by atoms with Crippen LogP contribution in [0.4, 0.5) is 0 Å². The maximum absolute atomic E-state index is 12.0. The lowest BCUT2D eigenvalue weighted by Gasteiger charge is -2.26. The molecule has 0 aliphatic heterocycles. The van der Waals surface area contributed by atoms with Gasteiger partial charge in [0.25, 0.3) is 0 Å². The van der Waals surface area contributed by atoms with E-state index >= 15 is 0 Å². The Morgan fingerprint density at radius 2 is 2.19 bits per heavy atom. The molecular formula is C10H19N3O2S. The molecule has 92 valence electrons. The summed E-state index contributed by atoms with van der Waals surface area (Å²) in [5.74, 6) is 0.675. The highest BCUT2D eigenvalue weighted by atomic mass is 32.2. The van der Waals surface area contributed by atoms with Crippen LogP contribution in [0, 0.1) is 5.92 Å². The monoisotopic (exact) mass is 245 g/mol. The standard InChI is InChI=1S/C10H19N3O2S/c1-9-4-2-5-10(8-9)16(14,15)7-3-6-12-13-11/h9-10H,2-8H2,1H3. The van der Waals surface area contributed by atoms with Gasteiger partial charge in [0.1, 0.15) is 0 Å². The molecule has 0 aromatic heterocycles. The van der Waals surface area contributed by atoms with E-state index in [4.69, 9.17) is 5.53 Å². The lowest BCUT2D eigenvalue weighted by atomic mass is 9.91. The number of sulfone groups is 1. The van der Waals surface area contributed by atoms with Gasteiger partial charge in [-0.2, -0.15) is 0 Å². The Kier molecular flexibility index (Phi) is 5.09. The highest BCUT2D eigenvalue weighted by Crippen LogP contribution is 2.28. The molecule has 2 atom stereocenters. The van der Waals surface area contributed by atoms with Gasteiger partial charge in [0.05, 0.1) is 11.0 Å². The van der Waals surface area contributed by atoms with E-state index in [-0.39, 0.29) is 17.5 Å². The Hall–Kier alpha value is -0.740. The third-order valence-corrected chi connectivity index (χ3v) is 5.45. The lowest BCUT2D eigenvalue weighted by Crippen LogP contribution is -2.29. The molecule has 0 spiro atoms. The second-order valence-corrected chi connectivity index (χ2v) is 6.97. The summed E-state index contributed by atoms with van der Waals surface area (Å²) in [6.45, 7) is 2.39. The molecule has 0 N–H and O–H groups in total. The molecule has 1 saturated carbocycles. The Morgan fingerprint density at radius 3 is 2.81 bits per heavy atom. The van der Waals surface area contributed by atoms with Crippen molar-refractivity contribution in [3.05, 3.63) is 10.4 Å². The fourth-order valence-corrected chi connectivity index (χ4v) is 4.26. The molecule has 0 amide bonds. The van der Waals surface area contributed by atoms with Gasteiger partial charge in [0, 0.05) is 11.5 Å². The van der Waals surface area contributed by atoms with Gasteiger partial charge in [0.15, 0.2) is 9.84 Å². The molecule has 0 bridgehead atoms. The number of azide groups is 1.